The number of nitrogens with one attached hydrogen (secondary N) is 1. The van der Waals surface area contributed by atoms with Crippen LogP contribution in [0.1, 0.15) is 39.0 Å². The summed E-state index contributed by atoms with van der Waals surface area (Å²) in [5.74, 6) is 0.460. The minimum absolute atomic E-state index is 0.0479. The lowest BCUT2D eigenvalue weighted by molar-refractivity contribution is 0.102. The Morgan fingerprint density at radius 3 is 2.41 bits per heavy atom. The molecule has 0 unspecified atom stereocenters. The molecule has 1 N–H and O–H groups in total. The van der Waals surface area contributed by atoms with Gasteiger partial charge in [0.25, 0.3) is 5.91 Å². The molecule has 1 heterocycles. The number of aryl methyl sites for hydroxylation is 3. The quantitative estimate of drug-likeness (QED) is 0.516. The number of hydrogen-bond acceptors (Lipinski definition) is 3. The molecule has 0 saturated carbocycles. The fraction of sp³-hybridized carbons (Fsp3) is 0.286. The summed E-state index contributed by atoms with van der Waals surface area (Å²) >= 11 is 0. The van der Waals surface area contributed by atoms with E-state index in [0.717, 1.165) is 17.5 Å². The number of nitrogens with zero attached hydrogens (tertiary/aromatic N) is 2. The number of ether oxygens (including phenoxy) is 1. The highest BCUT2D eigenvalue weighted by Gasteiger charge is 2.29. The Hall–Kier alpha value is -3.80. The van der Waals surface area contributed by atoms with Gasteiger partial charge in [-0.1, -0.05) is 24.3 Å². The van der Waals surface area contributed by atoms with E-state index in [4.69, 9.17) is 4.74 Å². The Morgan fingerprint density at radius 1 is 0.941 bits per heavy atom. The third-order valence-electron chi connectivity index (χ3n) is 6.30. The molecule has 0 aromatic heterocycles. The van der Waals surface area contributed by atoms with Crippen molar-refractivity contribution in [2.24, 2.45) is 0 Å². The first-order valence-corrected chi connectivity index (χ1v) is 11.5. The Kier molecular flexibility index (Phi) is 6.87. The van der Waals surface area contributed by atoms with Gasteiger partial charge in [-0.05, 0) is 85.8 Å². The summed E-state index contributed by atoms with van der Waals surface area (Å²) in [6.07, 6.45) is 0.857. The number of urea groups is 1. The molecule has 1 saturated heterocycles. The molecule has 6 heteroatoms. The second-order valence-corrected chi connectivity index (χ2v) is 8.83. The van der Waals surface area contributed by atoms with Crippen LogP contribution in [0, 0.1) is 20.8 Å². The summed E-state index contributed by atoms with van der Waals surface area (Å²) < 4.78 is 5.18. The van der Waals surface area contributed by atoms with Crippen molar-refractivity contribution < 1.29 is 14.3 Å². The maximum absolute atomic E-state index is 13.5. The highest BCUT2D eigenvalue weighted by molar-refractivity contribution is 6.07. The van der Waals surface area contributed by atoms with Crippen LogP contribution < -0.4 is 15.0 Å². The van der Waals surface area contributed by atoms with Crippen molar-refractivity contribution in [3.8, 4) is 5.75 Å². The number of benzene rings is 3. The van der Waals surface area contributed by atoms with Gasteiger partial charge in [0.15, 0.2) is 0 Å². The molecule has 1 aliphatic rings. The van der Waals surface area contributed by atoms with Gasteiger partial charge < -0.3 is 15.0 Å². The normalized spacial score (nSPS) is 13.7. The third kappa shape index (κ3) is 5.06. The van der Waals surface area contributed by atoms with Crippen LogP contribution in [0.4, 0.5) is 16.2 Å². The molecule has 3 aromatic rings. The van der Waals surface area contributed by atoms with Gasteiger partial charge in [-0.2, -0.15) is 0 Å². The fourth-order valence-electron chi connectivity index (χ4n) is 4.20. The lowest BCUT2D eigenvalue weighted by Crippen LogP contribution is -2.49. The number of methoxy groups -OCH3 is 1. The van der Waals surface area contributed by atoms with Crippen molar-refractivity contribution in [1.82, 2.24) is 4.90 Å². The SMILES string of the molecule is COc1ccc(C(=O)Nc2cc(C)ccc2N2CCCN(Cc3ccc(C)c(C)c3)C2=O)cc1. The molecular formula is C28H31N3O3. The molecule has 3 aromatic carbocycles. The molecule has 0 aliphatic carbocycles. The van der Waals surface area contributed by atoms with Gasteiger partial charge in [0, 0.05) is 25.2 Å². The fourth-order valence-corrected chi connectivity index (χ4v) is 4.20. The predicted molar refractivity (Wildman–Crippen MR) is 136 cm³/mol. The van der Waals surface area contributed by atoms with E-state index in [1.165, 1.54) is 11.1 Å². The zero-order valence-corrected chi connectivity index (χ0v) is 20.2. The highest BCUT2D eigenvalue weighted by Crippen LogP contribution is 2.31. The Bertz CT molecular complexity index is 1200. The van der Waals surface area contributed by atoms with Gasteiger partial charge in [0.2, 0.25) is 0 Å². The van der Waals surface area contributed by atoms with Crippen LogP contribution in [0.15, 0.2) is 60.7 Å². The molecule has 4 rings (SSSR count). The van der Waals surface area contributed by atoms with Gasteiger partial charge >= 0.3 is 6.03 Å². The lowest BCUT2D eigenvalue weighted by Gasteiger charge is -2.36. The van der Waals surface area contributed by atoms with Crippen molar-refractivity contribution in [3.05, 3.63) is 88.5 Å². The average molecular weight is 458 g/mol. The van der Waals surface area contributed by atoms with Crippen LogP contribution in [0.2, 0.25) is 0 Å². The van der Waals surface area contributed by atoms with Crippen LogP contribution in [0.3, 0.4) is 0 Å². The molecule has 0 spiro atoms. The molecule has 1 aliphatic heterocycles. The highest BCUT2D eigenvalue weighted by atomic mass is 16.5. The minimum Gasteiger partial charge on any atom is -0.497 e. The Balaban J connectivity index is 1.56. The predicted octanol–water partition coefficient (Wildman–Crippen LogP) is 5.71. The van der Waals surface area contributed by atoms with Crippen LogP contribution in [0.5, 0.6) is 5.75 Å². The van der Waals surface area contributed by atoms with E-state index in [-0.39, 0.29) is 11.9 Å². The van der Waals surface area contributed by atoms with Crippen molar-refractivity contribution in [2.75, 3.05) is 30.4 Å². The molecule has 3 amide bonds. The van der Waals surface area contributed by atoms with Crippen LogP contribution in [0.25, 0.3) is 0 Å². The summed E-state index contributed by atoms with van der Waals surface area (Å²) in [7, 11) is 1.59. The molecular weight excluding hydrogens is 426 g/mol. The maximum atomic E-state index is 13.5. The molecule has 34 heavy (non-hydrogen) atoms. The smallest absolute Gasteiger partial charge is 0.324 e. The van der Waals surface area contributed by atoms with Crippen molar-refractivity contribution in [1.29, 1.82) is 0 Å². The molecule has 6 nitrogen and oxygen atoms in total. The van der Waals surface area contributed by atoms with E-state index in [2.05, 4.69) is 37.4 Å². The summed E-state index contributed by atoms with van der Waals surface area (Å²) in [6, 6.07) is 19.0. The summed E-state index contributed by atoms with van der Waals surface area (Å²) in [4.78, 5) is 30.1. The van der Waals surface area contributed by atoms with E-state index in [0.29, 0.717) is 42.3 Å². The van der Waals surface area contributed by atoms with E-state index in [1.54, 1.807) is 36.3 Å². The molecule has 0 bridgehead atoms. The second-order valence-electron chi connectivity index (χ2n) is 8.83. The van der Waals surface area contributed by atoms with Gasteiger partial charge in [-0.25, -0.2) is 4.79 Å². The summed E-state index contributed by atoms with van der Waals surface area (Å²) in [5.41, 5.74) is 6.45. The van der Waals surface area contributed by atoms with Crippen molar-refractivity contribution in [2.45, 2.75) is 33.7 Å². The maximum Gasteiger partial charge on any atom is 0.324 e. The van der Waals surface area contributed by atoms with E-state index >= 15 is 0 Å². The minimum atomic E-state index is -0.231. The number of rotatable bonds is 6. The topological polar surface area (TPSA) is 61.9 Å². The zero-order valence-electron chi connectivity index (χ0n) is 20.2. The number of carbonyl (C=O) groups excluding carboxylic acids is 2. The molecule has 176 valence electrons. The zero-order chi connectivity index (χ0) is 24.2. The monoisotopic (exact) mass is 457 g/mol. The van der Waals surface area contributed by atoms with E-state index in [9.17, 15) is 9.59 Å². The average Bonchev–Trinajstić information content (AvgIpc) is 2.83. The number of anilines is 2. The Labute approximate surface area is 201 Å². The van der Waals surface area contributed by atoms with E-state index in [1.807, 2.05) is 30.0 Å². The molecule has 0 atom stereocenters. The van der Waals surface area contributed by atoms with Crippen LogP contribution in [-0.4, -0.2) is 37.0 Å². The first kappa shape index (κ1) is 23.4. The van der Waals surface area contributed by atoms with Gasteiger partial charge in [-0.3, -0.25) is 9.69 Å². The molecule has 0 radical (unpaired) electrons. The van der Waals surface area contributed by atoms with Gasteiger partial charge in [0.05, 0.1) is 18.5 Å². The molecule has 1 fully saturated rings. The first-order valence-electron chi connectivity index (χ1n) is 11.5. The van der Waals surface area contributed by atoms with Crippen LogP contribution in [-0.2, 0) is 6.54 Å². The van der Waals surface area contributed by atoms with Crippen LogP contribution >= 0.6 is 0 Å². The number of amides is 3. The lowest BCUT2D eigenvalue weighted by atomic mass is 10.1. The van der Waals surface area contributed by atoms with E-state index < -0.39 is 0 Å². The summed E-state index contributed by atoms with van der Waals surface area (Å²) in [5, 5.41) is 3.01. The standard InChI is InChI=1S/C28H31N3O3/c1-19-6-13-26(25(16-19)29-27(32)23-9-11-24(34-4)12-10-23)31-15-5-14-30(28(31)33)18-22-8-7-20(2)21(3)17-22/h6-13,16-17H,5,14-15,18H2,1-4H3,(H,29,32). The summed E-state index contributed by atoms with van der Waals surface area (Å²) in [6.45, 7) is 8.03. The Morgan fingerprint density at radius 2 is 1.71 bits per heavy atom. The second kappa shape index (κ2) is 10.00. The first-order chi connectivity index (χ1) is 16.4. The third-order valence-corrected chi connectivity index (χ3v) is 6.30. The van der Waals surface area contributed by atoms with Crippen molar-refractivity contribution >= 4 is 23.3 Å². The number of hydrogen-bond donors (Lipinski definition) is 1. The number of carbonyl (C=O) groups is 2. The largest absolute Gasteiger partial charge is 0.497 e. The van der Waals surface area contributed by atoms with Crippen molar-refractivity contribution in [3.63, 3.8) is 0 Å². The van der Waals surface area contributed by atoms with Gasteiger partial charge in [0.1, 0.15) is 5.75 Å². The van der Waals surface area contributed by atoms with Gasteiger partial charge in [-0.15, -0.1) is 0 Å².